The Bertz CT molecular complexity index is 540. The van der Waals surface area contributed by atoms with E-state index in [1.54, 1.807) is 24.1 Å². The summed E-state index contributed by atoms with van der Waals surface area (Å²) < 4.78 is 28.0. The Morgan fingerprint density at radius 3 is 2.78 bits per heavy atom. The van der Waals surface area contributed by atoms with E-state index in [2.05, 4.69) is 5.10 Å². The van der Waals surface area contributed by atoms with Gasteiger partial charge in [0.05, 0.1) is 12.3 Å². The van der Waals surface area contributed by atoms with Gasteiger partial charge in [0.1, 0.15) is 0 Å². The fraction of sp³-hybridized carbons (Fsp3) is 0.308. The molecule has 96 valence electrons. The van der Waals surface area contributed by atoms with Crippen molar-refractivity contribution < 1.29 is 13.9 Å². The molecule has 0 aliphatic carbocycles. The zero-order valence-corrected chi connectivity index (χ0v) is 9.98. The average Bonchev–Trinajstić information content (AvgIpc) is 2.70. The average molecular weight is 252 g/mol. The largest absolute Gasteiger partial charge is 0.392 e. The molecule has 2 aromatic rings. The maximum absolute atomic E-state index is 13.4. The van der Waals surface area contributed by atoms with E-state index in [1.807, 2.05) is 0 Å². The Labute approximate surface area is 104 Å². The van der Waals surface area contributed by atoms with Crippen LogP contribution in [0.4, 0.5) is 8.78 Å². The van der Waals surface area contributed by atoms with Crippen molar-refractivity contribution in [3.05, 3.63) is 53.4 Å². The highest BCUT2D eigenvalue weighted by molar-refractivity contribution is 5.20. The molecule has 0 bridgehead atoms. The summed E-state index contributed by atoms with van der Waals surface area (Å²) in [5.41, 5.74) is 1.05. The summed E-state index contributed by atoms with van der Waals surface area (Å²) in [4.78, 5) is 0. The molecule has 1 atom stereocenters. The van der Waals surface area contributed by atoms with Crippen LogP contribution in [0.1, 0.15) is 11.1 Å². The van der Waals surface area contributed by atoms with E-state index in [1.165, 1.54) is 12.1 Å². The van der Waals surface area contributed by atoms with Gasteiger partial charge in [-0.1, -0.05) is 12.1 Å². The molecule has 0 aliphatic rings. The lowest BCUT2D eigenvalue weighted by atomic mass is 10.0. The fourth-order valence-electron chi connectivity index (χ4n) is 1.88. The van der Waals surface area contributed by atoms with Crippen molar-refractivity contribution in [2.24, 2.45) is 7.05 Å². The van der Waals surface area contributed by atoms with Crippen LogP contribution in [0.25, 0.3) is 0 Å². The summed E-state index contributed by atoms with van der Waals surface area (Å²) in [6.07, 6.45) is 3.11. The molecule has 0 saturated heterocycles. The van der Waals surface area contributed by atoms with Crippen LogP contribution in [0, 0.1) is 11.6 Å². The minimum absolute atomic E-state index is 0.0818. The highest BCUT2D eigenvalue weighted by Gasteiger charge is 2.13. The maximum atomic E-state index is 13.4. The molecule has 0 saturated carbocycles. The second-order valence-corrected chi connectivity index (χ2v) is 4.30. The minimum atomic E-state index is -0.888. The molecule has 2 rings (SSSR count). The Balaban J connectivity index is 2.03. The van der Waals surface area contributed by atoms with Gasteiger partial charge in [-0.15, -0.1) is 0 Å². The molecule has 0 spiro atoms. The quantitative estimate of drug-likeness (QED) is 0.901. The van der Waals surface area contributed by atoms with Crippen LogP contribution in [0.15, 0.2) is 30.6 Å². The third kappa shape index (κ3) is 2.92. The van der Waals surface area contributed by atoms with E-state index in [4.69, 9.17) is 0 Å². The number of aromatic nitrogens is 2. The van der Waals surface area contributed by atoms with Gasteiger partial charge < -0.3 is 5.11 Å². The predicted molar refractivity (Wildman–Crippen MR) is 63.0 cm³/mol. The summed E-state index contributed by atoms with van der Waals surface area (Å²) in [6, 6.07) is 3.97. The van der Waals surface area contributed by atoms with Gasteiger partial charge in [-0.25, -0.2) is 8.78 Å². The fourth-order valence-corrected chi connectivity index (χ4v) is 1.88. The minimum Gasteiger partial charge on any atom is -0.392 e. The molecule has 1 aromatic heterocycles. The number of aliphatic hydroxyl groups is 1. The van der Waals surface area contributed by atoms with Gasteiger partial charge in [-0.05, 0) is 17.2 Å². The summed E-state index contributed by atoms with van der Waals surface area (Å²) in [5, 5.41) is 13.8. The van der Waals surface area contributed by atoms with Crippen LogP contribution in [0.2, 0.25) is 0 Å². The van der Waals surface area contributed by atoms with Gasteiger partial charge in [0.25, 0.3) is 0 Å². The monoisotopic (exact) mass is 252 g/mol. The number of aliphatic hydroxyl groups excluding tert-OH is 1. The van der Waals surface area contributed by atoms with E-state index in [-0.39, 0.29) is 12.0 Å². The molecule has 3 nitrogen and oxygen atoms in total. The topological polar surface area (TPSA) is 38.0 Å². The lowest BCUT2D eigenvalue weighted by molar-refractivity contribution is 0.174. The van der Waals surface area contributed by atoms with Crippen molar-refractivity contribution in [3.8, 4) is 0 Å². The number of aryl methyl sites for hydroxylation is 1. The molecule has 5 heteroatoms. The van der Waals surface area contributed by atoms with Crippen LogP contribution in [0.3, 0.4) is 0 Å². The molecular formula is C13H14F2N2O. The van der Waals surface area contributed by atoms with Crippen LogP contribution >= 0.6 is 0 Å². The molecule has 1 N–H and O–H groups in total. The SMILES string of the molecule is Cn1cc(CC(O)Cc2cccc(F)c2F)cn1. The summed E-state index contributed by atoms with van der Waals surface area (Å²) in [6.45, 7) is 0. The van der Waals surface area contributed by atoms with Crippen molar-refractivity contribution in [2.45, 2.75) is 18.9 Å². The lowest BCUT2D eigenvalue weighted by Crippen LogP contribution is -2.15. The molecule has 0 aliphatic heterocycles. The second-order valence-electron chi connectivity index (χ2n) is 4.30. The van der Waals surface area contributed by atoms with Crippen LogP contribution in [-0.4, -0.2) is 21.0 Å². The van der Waals surface area contributed by atoms with Crippen molar-refractivity contribution in [1.82, 2.24) is 9.78 Å². The first-order chi connectivity index (χ1) is 8.56. The standard InChI is InChI=1S/C13H14F2N2O/c1-17-8-9(7-16-17)5-11(18)6-10-3-2-4-12(14)13(10)15/h2-4,7-8,11,18H,5-6H2,1H3. The number of rotatable bonds is 4. The van der Waals surface area contributed by atoms with E-state index < -0.39 is 17.7 Å². The first-order valence-corrected chi connectivity index (χ1v) is 5.64. The zero-order chi connectivity index (χ0) is 13.1. The molecule has 1 unspecified atom stereocenters. The number of hydrogen-bond acceptors (Lipinski definition) is 2. The van der Waals surface area contributed by atoms with Crippen LogP contribution in [-0.2, 0) is 19.9 Å². The lowest BCUT2D eigenvalue weighted by Gasteiger charge is -2.10. The number of hydrogen-bond donors (Lipinski definition) is 1. The summed E-state index contributed by atoms with van der Waals surface area (Å²) in [5.74, 6) is -1.77. The van der Waals surface area contributed by atoms with E-state index in [9.17, 15) is 13.9 Å². The molecule has 1 aromatic carbocycles. The predicted octanol–water partition coefficient (Wildman–Crippen LogP) is 1.84. The van der Waals surface area contributed by atoms with Gasteiger partial charge in [0.2, 0.25) is 0 Å². The Morgan fingerprint density at radius 1 is 1.33 bits per heavy atom. The molecule has 0 amide bonds. The summed E-state index contributed by atoms with van der Waals surface area (Å²) >= 11 is 0. The number of halogens is 2. The van der Waals surface area contributed by atoms with Crippen molar-refractivity contribution >= 4 is 0 Å². The number of benzene rings is 1. The van der Waals surface area contributed by atoms with Gasteiger partial charge in [-0.2, -0.15) is 5.10 Å². The van der Waals surface area contributed by atoms with E-state index in [0.29, 0.717) is 6.42 Å². The van der Waals surface area contributed by atoms with Crippen molar-refractivity contribution in [2.75, 3.05) is 0 Å². The zero-order valence-electron chi connectivity index (χ0n) is 9.98. The first kappa shape index (κ1) is 12.7. The molecule has 18 heavy (non-hydrogen) atoms. The second kappa shape index (κ2) is 5.27. The van der Waals surface area contributed by atoms with Gasteiger partial charge >= 0.3 is 0 Å². The van der Waals surface area contributed by atoms with E-state index in [0.717, 1.165) is 11.6 Å². The van der Waals surface area contributed by atoms with Gasteiger partial charge in [0.15, 0.2) is 11.6 Å². The van der Waals surface area contributed by atoms with E-state index >= 15 is 0 Å². The molecule has 1 heterocycles. The Kier molecular flexibility index (Phi) is 3.72. The van der Waals surface area contributed by atoms with Crippen LogP contribution in [0.5, 0.6) is 0 Å². The van der Waals surface area contributed by atoms with Gasteiger partial charge in [0, 0.05) is 26.1 Å². The van der Waals surface area contributed by atoms with Crippen molar-refractivity contribution in [3.63, 3.8) is 0 Å². The smallest absolute Gasteiger partial charge is 0.162 e. The third-order valence-corrected chi connectivity index (χ3v) is 2.72. The Hall–Kier alpha value is -1.75. The van der Waals surface area contributed by atoms with Gasteiger partial charge in [-0.3, -0.25) is 4.68 Å². The van der Waals surface area contributed by atoms with Crippen molar-refractivity contribution in [1.29, 1.82) is 0 Å². The Morgan fingerprint density at radius 2 is 2.11 bits per heavy atom. The maximum Gasteiger partial charge on any atom is 0.162 e. The van der Waals surface area contributed by atoms with Crippen LogP contribution < -0.4 is 0 Å². The highest BCUT2D eigenvalue weighted by Crippen LogP contribution is 2.15. The normalized spacial score (nSPS) is 12.7. The number of nitrogens with zero attached hydrogens (tertiary/aromatic N) is 2. The highest BCUT2D eigenvalue weighted by atomic mass is 19.2. The molecule has 0 radical (unpaired) electrons. The third-order valence-electron chi connectivity index (χ3n) is 2.72. The first-order valence-electron chi connectivity index (χ1n) is 5.64. The molecule has 0 fully saturated rings. The molecular weight excluding hydrogens is 238 g/mol. The summed E-state index contributed by atoms with van der Waals surface area (Å²) in [7, 11) is 1.78.